The molecule has 0 bridgehead atoms. The molecule has 1 atom stereocenters. The van der Waals surface area contributed by atoms with Gasteiger partial charge < -0.3 is 10.6 Å². The molecule has 0 aromatic heterocycles. The third-order valence-corrected chi connectivity index (χ3v) is 5.20. The number of carbonyl (C=O) groups is 2. The van der Waals surface area contributed by atoms with Crippen molar-refractivity contribution in [3.05, 3.63) is 58.6 Å². The number of rotatable bonds is 4. The third kappa shape index (κ3) is 4.65. The van der Waals surface area contributed by atoms with E-state index in [1.165, 1.54) is 11.8 Å². The van der Waals surface area contributed by atoms with E-state index in [2.05, 4.69) is 15.6 Å². The molecule has 0 aliphatic carbocycles. The third-order valence-electron chi connectivity index (χ3n) is 3.89. The van der Waals surface area contributed by atoms with Gasteiger partial charge in [0, 0.05) is 17.1 Å². The molecule has 0 radical (unpaired) electrons. The van der Waals surface area contributed by atoms with Crippen LogP contribution < -0.4 is 10.6 Å². The lowest BCUT2D eigenvalue weighted by atomic mass is 10.2. The molecule has 26 heavy (non-hydrogen) atoms. The molecule has 0 spiro atoms. The normalized spacial score (nSPS) is 18.0. The molecular formula is C19H18ClN3O2S. The van der Waals surface area contributed by atoms with Crippen LogP contribution >= 0.6 is 23.4 Å². The SMILES string of the molecule is Cc1ccc(N=C2NC(=O)[C@@H](CC(=O)Nc3cc(Cl)ccc3C)S2)cc1. The Morgan fingerprint density at radius 3 is 2.69 bits per heavy atom. The lowest BCUT2D eigenvalue weighted by molar-refractivity contribution is -0.122. The Balaban J connectivity index is 1.63. The largest absolute Gasteiger partial charge is 0.326 e. The molecule has 2 aromatic rings. The molecule has 0 saturated carbocycles. The van der Waals surface area contributed by atoms with Crippen LogP contribution in [0.3, 0.4) is 0 Å². The van der Waals surface area contributed by atoms with Crippen molar-refractivity contribution < 1.29 is 9.59 Å². The molecule has 1 aliphatic heterocycles. The van der Waals surface area contributed by atoms with E-state index in [0.717, 1.165) is 16.8 Å². The van der Waals surface area contributed by atoms with E-state index in [0.29, 0.717) is 15.9 Å². The molecule has 7 heteroatoms. The number of thioether (sulfide) groups is 1. The number of anilines is 1. The van der Waals surface area contributed by atoms with Gasteiger partial charge in [-0.15, -0.1) is 0 Å². The lowest BCUT2D eigenvalue weighted by Gasteiger charge is -2.10. The number of carbonyl (C=O) groups excluding carboxylic acids is 2. The number of nitrogens with zero attached hydrogens (tertiary/aromatic N) is 1. The first-order valence-electron chi connectivity index (χ1n) is 8.09. The first-order valence-corrected chi connectivity index (χ1v) is 9.35. The van der Waals surface area contributed by atoms with Crippen molar-refractivity contribution in [1.29, 1.82) is 0 Å². The van der Waals surface area contributed by atoms with E-state index in [1.807, 2.05) is 44.2 Å². The minimum absolute atomic E-state index is 0.0649. The highest BCUT2D eigenvalue weighted by Crippen LogP contribution is 2.26. The number of amides is 2. The quantitative estimate of drug-likeness (QED) is 0.825. The minimum atomic E-state index is -0.501. The number of aryl methyl sites for hydroxylation is 2. The number of halogens is 1. The highest BCUT2D eigenvalue weighted by atomic mass is 35.5. The molecule has 2 N–H and O–H groups in total. The van der Waals surface area contributed by atoms with E-state index < -0.39 is 5.25 Å². The van der Waals surface area contributed by atoms with E-state index in [9.17, 15) is 9.59 Å². The van der Waals surface area contributed by atoms with E-state index in [4.69, 9.17) is 11.6 Å². The lowest BCUT2D eigenvalue weighted by Crippen LogP contribution is -2.28. The summed E-state index contributed by atoms with van der Waals surface area (Å²) in [5.41, 5.74) is 3.47. The molecule has 5 nitrogen and oxygen atoms in total. The topological polar surface area (TPSA) is 70.6 Å². The number of aliphatic imine (C=N–C) groups is 1. The van der Waals surface area contributed by atoms with Crippen molar-refractivity contribution in [3.63, 3.8) is 0 Å². The number of nitrogens with one attached hydrogen (secondary N) is 2. The average molecular weight is 388 g/mol. The van der Waals surface area contributed by atoms with Crippen molar-refractivity contribution in [1.82, 2.24) is 5.32 Å². The fraction of sp³-hybridized carbons (Fsp3) is 0.211. The summed E-state index contributed by atoms with van der Waals surface area (Å²) in [6.45, 7) is 3.88. The summed E-state index contributed by atoms with van der Waals surface area (Å²) in [6.07, 6.45) is 0.0649. The van der Waals surface area contributed by atoms with Crippen LogP contribution in [0.4, 0.5) is 11.4 Å². The van der Waals surface area contributed by atoms with E-state index in [-0.39, 0.29) is 18.2 Å². The molecule has 1 heterocycles. The van der Waals surface area contributed by atoms with Crippen LogP contribution in [0, 0.1) is 13.8 Å². The molecular weight excluding hydrogens is 370 g/mol. The number of amidine groups is 1. The average Bonchev–Trinajstić information content (AvgIpc) is 2.92. The standard InChI is InChI=1S/C19H18ClN3O2S/c1-11-3-7-14(8-4-11)21-19-23-18(25)16(26-19)10-17(24)22-15-9-13(20)6-5-12(15)2/h3-9,16H,10H2,1-2H3,(H,22,24)(H,21,23,25)/t16-/m1/s1. The second kappa shape index (κ2) is 7.93. The predicted octanol–water partition coefficient (Wildman–Crippen LogP) is 4.20. The van der Waals surface area contributed by atoms with Crippen LogP contribution in [-0.4, -0.2) is 22.2 Å². The van der Waals surface area contributed by atoms with Gasteiger partial charge in [-0.25, -0.2) is 4.99 Å². The van der Waals surface area contributed by atoms with Crippen molar-refractivity contribution >= 4 is 51.7 Å². The zero-order chi connectivity index (χ0) is 18.7. The number of benzene rings is 2. The first-order chi connectivity index (χ1) is 12.4. The van der Waals surface area contributed by atoms with Crippen molar-refractivity contribution in [2.75, 3.05) is 5.32 Å². The van der Waals surface area contributed by atoms with Gasteiger partial charge in [0.25, 0.3) is 0 Å². The van der Waals surface area contributed by atoms with E-state index >= 15 is 0 Å². The summed E-state index contributed by atoms with van der Waals surface area (Å²) in [7, 11) is 0. The van der Waals surface area contributed by atoms with Crippen LogP contribution in [0.25, 0.3) is 0 Å². The summed E-state index contributed by atoms with van der Waals surface area (Å²) < 4.78 is 0. The molecule has 2 amide bonds. The molecule has 0 unspecified atom stereocenters. The van der Waals surface area contributed by atoms with Crippen LogP contribution in [0.1, 0.15) is 17.5 Å². The summed E-state index contributed by atoms with van der Waals surface area (Å²) in [5, 5.41) is 6.10. The van der Waals surface area contributed by atoms with Crippen LogP contribution in [0.5, 0.6) is 0 Å². The second-order valence-corrected chi connectivity index (χ2v) is 7.69. The van der Waals surface area contributed by atoms with Gasteiger partial charge in [0.2, 0.25) is 11.8 Å². The summed E-state index contributed by atoms with van der Waals surface area (Å²) >= 11 is 7.23. The Labute approximate surface area is 161 Å². The minimum Gasteiger partial charge on any atom is -0.326 e. The molecule has 2 aromatic carbocycles. The zero-order valence-corrected chi connectivity index (χ0v) is 15.9. The maximum Gasteiger partial charge on any atom is 0.240 e. The van der Waals surface area contributed by atoms with Crippen LogP contribution in [-0.2, 0) is 9.59 Å². The maximum absolute atomic E-state index is 12.3. The van der Waals surface area contributed by atoms with Gasteiger partial charge in [-0.3, -0.25) is 9.59 Å². The fourth-order valence-corrected chi connectivity index (χ4v) is 3.59. The summed E-state index contributed by atoms with van der Waals surface area (Å²) in [6, 6.07) is 13.0. The molecule has 134 valence electrons. The fourth-order valence-electron chi connectivity index (χ4n) is 2.43. The Bertz CT molecular complexity index is 881. The number of hydrogen-bond acceptors (Lipinski definition) is 4. The maximum atomic E-state index is 12.3. The second-order valence-electron chi connectivity index (χ2n) is 6.06. The smallest absolute Gasteiger partial charge is 0.240 e. The van der Waals surface area contributed by atoms with Crippen molar-refractivity contribution in [2.45, 2.75) is 25.5 Å². The number of hydrogen-bond donors (Lipinski definition) is 2. The van der Waals surface area contributed by atoms with Gasteiger partial charge in [-0.05, 0) is 43.7 Å². The molecule has 1 aliphatic rings. The highest BCUT2D eigenvalue weighted by molar-refractivity contribution is 8.15. The van der Waals surface area contributed by atoms with Crippen LogP contribution in [0.15, 0.2) is 47.5 Å². The zero-order valence-electron chi connectivity index (χ0n) is 14.4. The van der Waals surface area contributed by atoms with Gasteiger partial charge in [-0.1, -0.05) is 47.1 Å². The van der Waals surface area contributed by atoms with Gasteiger partial charge in [0.1, 0.15) is 5.25 Å². The van der Waals surface area contributed by atoms with Gasteiger partial charge >= 0.3 is 0 Å². The molecule has 1 fully saturated rings. The highest BCUT2D eigenvalue weighted by Gasteiger charge is 2.32. The first kappa shape index (κ1) is 18.5. The van der Waals surface area contributed by atoms with Crippen molar-refractivity contribution in [3.8, 4) is 0 Å². The Hall–Kier alpha value is -2.31. The molecule has 1 saturated heterocycles. The van der Waals surface area contributed by atoms with Crippen LogP contribution in [0.2, 0.25) is 5.02 Å². The van der Waals surface area contributed by atoms with Gasteiger partial charge in [0.15, 0.2) is 5.17 Å². The summed E-state index contributed by atoms with van der Waals surface area (Å²) in [5.74, 6) is -0.446. The summed E-state index contributed by atoms with van der Waals surface area (Å²) in [4.78, 5) is 28.8. The van der Waals surface area contributed by atoms with E-state index in [1.54, 1.807) is 12.1 Å². The van der Waals surface area contributed by atoms with Crippen molar-refractivity contribution in [2.24, 2.45) is 4.99 Å². The Kier molecular flexibility index (Phi) is 5.64. The Morgan fingerprint density at radius 1 is 1.23 bits per heavy atom. The monoisotopic (exact) mass is 387 g/mol. The predicted molar refractivity (Wildman–Crippen MR) is 107 cm³/mol. The van der Waals surface area contributed by atoms with Gasteiger partial charge in [0.05, 0.1) is 5.69 Å². The molecule has 3 rings (SSSR count). The van der Waals surface area contributed by atoms with Gasteiger partial charge in [-0.2, -0.15) is 0 Å². The Morgan fingerprint density at radius 2 is 1.96 bits per heavy atom.